The number of benzene rings is 1. The van der Waals surface area contributed by atoms with E-state index >= 15 is 0 Å². The SMILES string of the molecule is CCNCc1nnc(-c2ccc([N+](=O)[O-])c(C)c2)o1. The molecule has 1 aromatic carbocycles. The minimum Gasteiger partial charge on any atom is -0.419 e. The van der Waals surface area contributed by atoms with Crippen LogP contribution in [0.5, 0.6) is 0 Å². The summed E-state index contributed by atoms with van der Waals surface area (Å²) in [6, 6.07) is 4.72. The van der Waals surface area contributed by atoms with Gasteiger partial charge in [0.2, 0.25) is 11.8 Å². The summed E-state index contributed by atoms with van der Waals surface area (Å²) in [6.45, 7) is 4.98. The monoisotopic (exact) mass is 262 g/mol. The molecule has 0 bridgehead atoms. The van der Waals surface area contributed by atoms with Crippen molar-refractivity contribution in [2.45, 2.75) is 20.4 Å². The first-order valence-electron chi connectivity index (χ1n) is 5.90. The summed E-state index contributed by atoms with van der Waals surface area (Å²) in [5.74, 6) is 0.860. The lowest BCUT2D eigenvalue weighted by Crippen LogP contribution is -2.11. The second-order valence-corrected chi connectivity index (χ2v) is 4.04. The molecule has 0 atom stereocenters. The van der Waals surface area contributed by atoms with Crippen LogP contribution in [0.1, 0.15) is 18.4 Å². The Hall–Kier alpha value is -2.28. The van der Waals surface area contributed by atoms with E-state index in [1.54, 1.807) is 19.1 Å². The van der Waals surface area contributed by atoms with Crippen LogP contribution in [0.4, 0.5) is 5.69 Å². The summed E-state index contributed by atoms with van der Waals surface area (Å²) in [5, 5.41) is 21.6. The lowest BCUT2D eigenvalue weighted by molar-refractivity contribution is -0.385. The molecule has 0 unspecified atom stereocenters. The van der Waals surface area contributed by atoms with Crippen molar-refractivity contribution in [3.63, 3.8) is 0 Å². The van der Waals surface area contributed by atoms with Crippen molar-refractivity contribution < 1.29 is 9.34 Å². The highest BCUT2D eigenvalue weighted by Gasteiger charge is 2.14. The standard InChI is InChI=1S/C12H14N4O3/c1-3-13-7-11-14-15-12(19-11)9-4-5-10(16(17)18)8(2)6-9/h4-6,13H,3,7H2,1-2H3. The molecule has 0 saturated carbocycles. The first-order valence-corrected chi connectivity index (χ1v) is 5.90. The summed E-state index contributed by atoms with van der Waals surface area (Å²) in [7, 11) is 0. The van der Waals surface area contributed by atoms with Gasteiger partial charge in [0.1, 0.15) is 0 Å². The molecular weight excluding hydrogens is 248 g/mol. The summed E-state index contributed by atoms with van der Waals surface area (Å²) >= 11 is 0. The summed E-state index contributed by atoms with van der Waals surface area (Å²) in [5.41, 5.74) is 1.32. The molecule has 0 spiro atoms. The normalized spacial score (nSPS) is 10.6. The molecule has 1 heterocycles. The highest BCUT2D eigenvalue weighted by atomic mass is 16.6. The van der Waals surface area contributed by atoms with Crippen LogP contribution in [0, 0.1) is 17.0 Å². The molecule has 2 aromatic rings. The third kappa shape index (κ3) is 2.94. The average molecular weight is 262 g/mol. The van der Waals surface area contributed by atoms with Gasteiger partial charge < -0.3 is 9.73 Å². The van der Waals surface area contributed by atoms with Gasteiger partial charge in [0.05, 0.1) is 11.5 Å². The molecule has 0 aliphatic rings. The third-order valence-corrected chi connectivity index (χ3v) is 2.63. The van der Waals surface area contributed by atoms with Crippen molar-refractivity contribution in [2.24, 2.45) is 0 Å². The van der Waals surface area contributed by atoms with E-state index in [4.69, 9.17) is 4.42 Å². The predicted octanol–water partition coefficient (Wildman–Crippen LogP) is 2.06. The van der Waals surface area contributed by atoms with Crippen molar-refractivity contribution in [2.75, 3.05) is 6.54 Å². The lowest BCUT2D eigenvalue weighted by Gasteiger charge is -1.99. The lowest BCUT2D eigenvalue weighted by atomic mass is 10.1. The van der Waals surface area contributed by atoms with Crippen molar-refractivity contribution >= 4 is 5.69 Å². The zero-order valence-corrected chi connectivity index (χ0v) is 10.7. The van der Waals surface area contributed by atoms with Gasteiger partial charge in [0.15, 0.2) is 0 Å². The number of nitro groups is 1. The summed E-state index contributed by atoms with van der Waals surface area (Å²) < 4.78 is 5.47. The number of nitro benzene ring substituents is 1. The van der Waals surface area contributed by atoms with Gasteiger partial charge in [-0.15, -0.1) is 10.2 Å². The Bertz CT molecular complexity index is 594. The number of hydrogen-bond donors (Lipinski definition) is 1. The number of nitrogens with zero attached hydrogens (tertiary/aromatic N) is 3. The molecule has 1 aromatic heterocycles. The van der Waals surface area contributed by atoms with Gasteiger partial charge in [-0.3, -0.25) is 10.1 Å². The minimum atomic E-state index is -0.413. The Kier molecular flexibility index (Phi) is 3.86. The largest absolute Gasteiger partial charge is 0.419 e. The highest BCUT2D eigenvalue weighted by Crippen LogP contribution is 2.25. The maximum Gasteiger partial charge on any atom is 0.272 e. The number of aromatic nitrogens is 2. The molecule has 0 aliphatic heterocycles. The first kappa shape index (κ1) is 13.2. The predicted molar refractivity (Wildman–Crippen MR) is 68.5 cm³/mol. The molecule has 0 aliphatic carbocycles. The molecule has 0 fully saturated rings. The Balaban J connectivity index is 2.24. The number of rotatable bonds is 5. The van der Waals surface area contributed by atoms with Crippen LogP contribution in [-0.2, 0) is 6.54 Å². The molecule has 0 amide bonds. The van der Waals surface area contributed by atoms with E-state index in [0.717, 1.165) is 6.54 Å². The van der Waals surface area contributed by atoms with Gasteiger partial charge in [-0.05, 0) is 25.6 Å². The fraction of sp³-hybridized carbons (Fsp3) is 0.333. The zero-order chi connectivity index (χ0) is 13.8. The van der Waals surface area contributed by atoms with E-state index in [1.807, 2.05) is 6.92 Å². The summed E-state index contributed by atoms with van der Waals surface area (Å²) in [6.07, 6.45) is 0. The quantitative estimate of drug-likeness (QED) is 0.654. The fourth-order valence-corrected chi connectivity index (χ4v) is 1.67. The van der Waals surface area contributed by atoms with Crippen LogP contribution in [0.15, 0.2) is 22.6 Å². The zero-order valence-electron chi connectivity index (χ0n) is 10.7. The maximum atomic E-state index is 10.7. The minimum absolute atomic E-state index is 0.0798. The van der Waals surface area contributed by atoms with E-state index in [1.165, 1.54) is 6.07 Å². The van der Waals surface area contributed by atoms with E-state index in [-0.39, 0.29) is 5.69 Å². The third-order valence-electron chi connectivity index (χ3n) is 2.63. The van der Waals surface area contributed by atoms with E-state index in [2.05, 4.69) is 15.5 Å². The molecule has 0 radical (unpaired) electrons. The first-order chi connectivity index (χ1) is 9.11. The van der Waals surface area contributed by atoms with Gasteiger partial charge in [-0.2, -0.15) is 0 Å². The average Bonchev–Trinajstić information content (AvgIpc) is 2.84. The van der Waals surface area contributed by atoms with Crippen LogP contribution >= 0.6 is 0 Å². The molecule has 1 N–H and O–H groups in total. The molecular formula is C12H14N4O3. The fourth-order valence-electron chi connectivity index (χ4n) is 1.67. The molecule has 100 valence electrons. The van der Waals surface area contributed by atoms with Gasteiger partial charge in [-0.1, -0.05) is 6.92 Å². The van der Waals surface area contributed by atoms with Crippen LogP contribution in [0.25, 0.3) is 11.5 Å². The molecule has 7 heteroatoms. The number of aryl methyl sites for hydroxylation is 1. The van der Waals surface area contributed by atoms with E-state index in [9.17, 15) is 10.1 Å². The van der Waals surface area contributed by atoms with Crippen LogP contribution in [0.3, 0.4) is 0 Å². The number of hydrogen-bond acceptors (Lipinski definition) is 6. The Labute approximate surface area is 109 Å². The van der Waals surface area contributed by atoms with Gasteiger partial charge >= 0.3 is 0 Å². The van der Waals surface area contributed by atoms with Crippen LogP contribution in [0.2, 0.25) is 0 Å². The van der Waals surface area contributed by atoms with Gasteiger partial charge in [0, 0.05) is 17.2 Å². The van der Waals surface area contributed by atoms with Gasteiger partial charge in [-0.25, -0.2) is 0 Å². The smallest absolute Gasteiger partial charge is 0.272 e. The topological polar surface area (TPSA) is 94.1 Å². The number of nitrogens with one attached hydrogen (secondary N) is 1. The van der Waals surface area contributed by atoms with Crippen molar-refractivity contribution in [3.8, 4) is 11.5 Å². The second kappa shape index (κ2) is 5.57. The van der Waals surface area contributed by atoms with Crippen LogP contribution in [-0.4, -0.2) is 21.7 Å². The molecule has 19 heavy (non-hydrogen) atoms. The maximum absolute atomic E-state index is 10.7. The summed E-state index contributed by atoms with van der Waals surface area (Å²) in [4.78, 5) is 10.3. The van der Waals surface area contributed by atoms with E-state index in [0.29, 0.717) is 29.5 Å². The molecule has 2 rings (SSSR count). The van der Waals surface area contributed by atoms with Crippen molar-refractivity contribution in [1.29, 1.82) is 0 Å². The molecule has 0 saturated heterocycles. The van der Waals surface area contributed by atoms with E-state index < -0.39 is 4.92 Å². The highest BCUT2D eigenvalue weighted by molar-refractivity contribution is 5.58. The van der Waals surface area contributed by atoms with Gasteiger partial charge in [0.25, 0.3) is 5.69 Å². The van der Waals surface area contributed by atoms with Crippen molar-refractivity contribution in [1.82, 2.24) is 15.5 Å². The Morgan fingerprint density at radius 2 is 2.21 bits per heavy atom. The Morgan fingerprint density at radius 3 is 2.84 bits per heavy atom. The second-order valence-electron chi connectivity index (χ2n) is 4.04. The molecule has 7 nitrogen and oxygen atoms in total. The van der Waals surface area contributed by atoms with Crippen LogP contribution < -0.4 is 5.32 Å². The Morgan fingerprint density at radius 1 is 1.42 bits per heavy atom. The van der Waals surface area contributed by atoms with Crippen molar-refractivity contribution in [3.05, 3.63) is 39.8 Å².